The summed E-state index contributed by atoms with van der Waals surface area (Å²) in [5.74, 6) is 0. The van der Waals surface area contributed by atoms with Gasteiger partial charge in [0.05, 0.1) is 0 Å². The molecular weight excluding hydrogens is 512 g/mol. The molecule has 0 spiro atoms. The van der Waals surface area contributed by atoms with Gasteiger partial charge < -0.3 is 26.6 Å². The highest BCUT2D eigenvalue weighted by atomic mass is 28.4. The molecule has 0 aromatic carbocycles. The average molecular weight is 579 g/mol. The van der Waals surface area contributed by atoms with E-state index in [-0.39, 0.29) is 0 Å². The second-order valence-electron chi connectivity index (χ2n) is 10.5. The zero-order valence-corrected chi connectivity index (χ0v) is 28.4. The molecule has 0 aliphatic heterocycles. The van der Waals surface area contributed by atoms with Crippen LogP contribution in [0.3, 0.4) is 0 Å². The quantitative estimate of drug-likeness (QED) is 0.0603. The Hall–Kier alpha value is 0.194. The first-order chi connectivity index (χ1) is 18.6. The third-order valence-electron chi connectivity index (χ3n) is 6.64. The summed E-state index contributed by atoms with van der Waals surface area (Å²) in [6.07, 6.45) is 17.6. The second kappa shape index (κ2) is 27.4. The van der Waals surface area contributed by atoms with Crippen molar-refractivity contribution in [1.29, 1.82) is 0 Å². The highest BCUT2D eigenvalue weighted by Gasteiger charge is 2.42. The van der Waals surface area contributed by atoms with E-state index in [1.807, 2.05) is 0 Å². The van der Waals surface area contributed by atoms with E-state index in [1.54, 1.807) is 0 Å². The Morgan fingerprint density at radius 2 is 0.500 bits per heavy atom. The number of hydrogen-bond donors (Lipinski definition) is 0. The zero-order valence-electron chi connectivity index (χ0n) is 26.4. The fourth-order valence-electron chi connectivity index (χ4n) is 3.95. The zero-order chi connectivity index (χ0) is 28.2. The van der Waals surface area contributed by atoms with Gasteiger partial charge in [0, 0.05) is 51.7 Å². The van der Waals surface area contributed by atoms with Gasteiger partial charge in [0.1, 0.15) is 0 Å². The van der Waals surface area contributed by atoms with Gasteiger partial charge in [0.15, 0.2) is 0 Å². The van der Waals surface area contributed by atoms with Crippen LogP contribution in [0.4, 0.5) is 0 Å². The van der Waals surface area contributed by atoms with E-state index in [1.165, 1.54) is 0 Å². The summed E-state index contributed by atoms with van der Waals surface area (Å²) >= 11 is 0. The van der Waals surface area contributed by atoms with E-state index in [0.29, 0.717) is 0 Å². The minimum Gasteiger partial charge on any atom is -0.373 e. The fraction of sp³-hybridized carbons (Fsp3) is 1.00. The molecule has 0 radical (unpaired) electrons. The molecule has 0 rings (SSSR count). The Kier molecular flexibility index (Phi) is 27.5. The lowest BCUT2D eigenvalue weighted by molar-refractivity contribution is 0.0541. The van der Waals surface area contributed by atoms with Crippen LogP contribution < -0.4 is 0 Å². The van der Waals surface area contributed by atoms with Crippen molar-refractivity contribution in [3.05, 3.63) is 0 Å². The molecule has 0 unspecified atom stereocenters. The van der Waals surface area contributed by atoms with Gasteiger partial charge in [0.25, 0.3) is 0 Å². The molecule has 8 heteroatoms. The highest BCUT2D eigenvalue weighted by Crippen LogP contribution is 2.25. The third-order valence-corrected chi connectivity index (χ3v) is 12.4. The van der Waals surface area contributed by atoms with E-state index in [0.717, 1.165) is 154 Å². The van der Waals surface area contributed by atoms with Crippen LogP contribution in [0.2, 0.25) is 12.1 Å². The van der Waals surface area contributed by atoms with Crippen LogP contribution in [0.5, 0.6) is 0 Å². The largest absolute Gasteiger partial charge is 0.500 e. The molecule has 0 aliphatic rings. The molecule has 0 saturated heterocycles. The molecular formula is C30H66O6Si2. The van der Waals surface area contributed by atoms with Crippen molar-refractivity contribution in [2.75, 3.05) is 39.6 Å². The molecule has 38 heavy (non-hydrogen) atoms. The van der Waals surface area contributed by atoms with E-state index in [9.17, 15) is 0 Å². The van der Waals surface area contributed by atoms with E-state index < -0.39 is 17.6 Å². The molecule has 0 aliphatic carbocycles. The smallest absolute Gasteiger partial charge is 0.373 e. The lowest BCUT2D eigenvalue weighted by Gasteiger charge is -2.30. The molecule has 0 saturated carbocycles. The van der Waals surface area contributed by atoms with Crippen LogP contribution in [0, 0.1) is 0 Å². The molecule has 0 fully saturated rings. The molecule has 0 atom stereocenters. The van der Waals surface area contributed by atoms with E-state index in [2.05, 4.69) is 41.5 Å². The average Bonchev–Trinajstić information content (AvgIpc) is 2.91. The third kappa shape index (κ3) is 20.1. The van der Waals surface area contributed by atoms with Crippen molar-refractivity contribution in [2.24, 2.45) is 0 Å². The van der Waals surface area contributed by atoms with Gasteiger partial charge in [-0.25, -0.2) is 0 Å². The summed E-state index contributed by atoms with van der Waals surface area (Å²) in [5, 5.41) is 0. The van der Waals surface area contributed by atoms with Crippen LogP contribution >= 0.6 is 0 Å². The summed E-state index contributed by atoms with van der Waals surface area (Å²) < 4.78 is 38.6. The number of hydrogen-bond acceptors (Lipinski definition) is 6. The Morgan fingerprint density at radius 3 is 0.684 bits per heavy atom. The first kappa shape index (κ1) is 38.2. The predicted octanol–water partition coefficient (Wildman–Crippen LogP) is 9.32. The van der Waals surface area contributed by atoms with E-state index in [4.69, 9.17) is 26.6 Å². The standard InChI is InChI=1S/C30H66O6Si2/c1-7-13-23-31-37(32-24-14-8-2,33-25-15-9-3)29-21-19-20-22-30-38(34-26-16-10-4,35-27-17-11-5)36-28-18-12-6/h7-30H2,1-6H3. The maximum atomic E-state index is 6.43. The van der Waals surface area contributed by atoms with E-state index >= 15 is 0 Å². The summed E-state index contributed by atoms with van der Waals surface area (Å²) in [7, 11) is -5.27. The van der Waals surface area contributed by atoms with Crippen molar-refractivity contribution >= 4 is 17.6 Å². The Morgan fingerprint density at radius 1 is 0.289 bits per heavy atom. The SMILES string of the molecule is CCCCO[Si](CCCCCC[Si](OCCCC)(OCCCC)OCCCC)(OCCCC)OCCCC. The van der Waals surface area contributed by atoms with Crippen molar-refractivity contribution < 1.29 is 26.6 Å². The topological polar surface area (TPSA) is 55.4 Å². The first-order valence-electron chi connectivity index (χ1n) is 16.4. The van der Waals surface area contributed by atoms with Crippen LogP contribution in [-0.2, 0) is 26.6 Å². The molecule has 0 amide bonds. The lowest BCUT2D eigenvalue weighted by Crippen LogP contribution is -2.47. The Balaban J connectivity index is 5.01. The minimum atomic E-state index is -2.64. The van der Waals surface area contributed by atoms with Crippen LogP contribution in [0.25, 0.3) is 0 Å². The summed E-state index contributed by atoms with van der Waals surface area (Å²) in [5.41, 5.74) is 0. The van der Waals surface area contributed by atoms with Gasteiger partial charge in [-0.3, -0.25) is 0 Å². The maximum Gasteiger partial charge on any atom is 0.500 e. The Bertz CT molecular complexity index is 389. The molecule has 0 aromatic rings. The molecule has 0 bridgehead atoms. The van der Waals surface area contributed by atoms with Gasteiger partial charge in [-0.15, -0.1) is 0 Å². The van der Waals surface area contributed by atoms with Gasteiger partial charge in [-0.05, 0) is 51.4 Å². The summed E-state index contributed by atoms with van der Waals surface area (Å²) in [4.78, 5) is 0. The monoisotopic (exact) mass is 578 g/mol. The van der Waals surface area contributed by atoms with Crippen LogP contribution in [0.1, 0.15) is 144 Å². The van der Waals surface area contributed by atoms with Gasteiger partial charge in [0.2, 0.25) is 0 Å². The normalized spacial score (nSPS) is 12.5. The molecule has 0 aromatic heterocycles. The summed E-state index contributed by atoms with van der Waals surface area (Å²) in [6.45, 7) is 17.7. The maximum absolute atomic E-state index is 6.43. The fourth-order valence-corrected chi connectivity index (χ4v) is 9.42. The van der Waals surface area contributed by atoms with Gasteiger partial charge in [-0.1, -0.05) is 92.9 Å². The van der Waals surface area contributed by atoms with Crippen LogP contribution in [0.15, 0.2) is 0 Å². The van der Waals surface area contributed by atoms with Crippen molar-refractivity contribution in [2.45, 2.75) is 156 Å². The molecule has 0 N–H and O–H groups in total. The Labute approximate surface area is 240 Å². The highest BCUT2D eigenvalue weighted by molar-refractivity contribution is 6.61. The predicted molar refractivity (Wildman–Crippen MR) is 165 cm³/mol. The van der Waals surface area contributed by atoms with Crippen LogP contribution in [-0.4, -0.2) is 57.3 Å². The van der Waals surface area contributed by atoms with Gasteiger partial charge in [-0.2, -0.15) is 0 Å². The number of unbranched alkanes of at least 4 members (excludes halogenated alkanes) is 9. The second-order valence-corrected chi connectivity index (χ2v) is 16.0. The molecule has 230 valence electrons. The number of rotatable bonds is 31. The minimum absolute atomic E-state index is 0.744. The first-order valence-corrected chi connectivity index (χ1v) is 20.3. The molecule has 6 nitrogen and oxygen atoms in total. The van der Waals surface area contributed by atoms with Crippen molar-refractivity contribution in [1.82, 2.24) is 0 Å². The lowest BCUT2D eigenvalue weighted by atomic mass is 10.2. The summed E-state index contributed by atoms with van der Waals surface area (Å²) in [6, 6.07) is 1.83. The van der Waals surface area contributed by atoms with Crippen molar-refractivity contribution in [3.8, 4) is 0 Å². The van der Waals surface area contributed by atoms with Gasteiger partial charge >= 0.3 is 17.6 Å². The van der Waals surface area contributed by atoms with Crippen molar-refractivity contribution in [3.63, 3.8) is 0 Å². The molecule has 0 heterocycles.